The van der Waals surface area contributed by atoms with Gasteiger partial charge in [0.2, 0.25) is 5.43 Å². The van der Waals surface area contributed by atoms with Crippen LogP contribution in [0.4, 0.5) is 4.39 Å². The van der Waals surface area contributed by atoms with Crippen molar-refractivity contribution in [3.63, 3.8) is 0 Å². The Hall–Kier alpha value is -3.74. The van der Waals surface area contributed by atoms with Crippen LogP contribution in [-0.4, -0.2) is 32.1 Å². The number of fused-ring (bicyclic) bond motifs is 3. The minimum Gasteiger partial charge on any atom is -0.358 e. The Kier molecular flexibility index (Phi) is 4.24. The van der Waals surface area contributed by atoms with Gasteiger partial charge in [0.1, 0.15) is 11.5 Å². The van der Waals surface area contributed by atoms with E-state index in [2.05, 4.69) is 10.1 Å². The molecular formula is C23H19FN4O2. The second-order valence-corrected chi connectivity index (χ2v) is 7.47. The molecular weight excluding hydrogens is 383 g/mol. The summed E-state index contributed by atoms with van der Waals surface area (Å²) in [5.41, 5.74) is 3.20. The topological polar surface area (TPSA) is 71.0 Å². The monoisotopic (exact) mass is 402 g/mol. The Balaban J connectivity index is 1.53. The molecule has 7 heteroatoms. The lowest BCUT2D eigenvalue weighted by Gasteiger charge is -2.27. The number of aromatic amines is 1. The second kappa shape index (κ2) is 6.95. The van der Waals surface area contributed by atoms with E-state index in [1.54, 1.807) is 30.0 Å². The smallest absolute Gasteiger partial charge is 0.278 e. The molecule has 30 heavy (non-hydrogen) atoms. The number of carbonyl (C=O) groups is 1. The maximum atomic E-state index is 14.3. The Bertz CT molecular complexity index is 1360. The third-order valence-corrected chi connectivity index (χ3v) is 5.56. The Morgan fingerprint density at radius 2 is 1.90 bits per heavy atom. The van der Waals surface area contributed by atoms with Crippen LogP contribution in [0.3, 0.4) is 0 Å². The predicted octanol–water partition coefficient (Wildman–Crippen LogP) is 3.36. The molecule has 4 aromatic rings. The number of carbonyl (C=O) groups excluding carboxylic acids is 1. The van der Waals surface area contributed by atoms with Crippen LogP contribution in [-0.2, 0) is 13.0 Å². The number of benzene rings is 2. The zero-order valence-corrected chi connectivity index (χ0v) is 16.4. The fraction of sp³-hybridized carbons (Fsp3) is 0.174. The van der Waals surface area contributed by atoms with Crippen LogP contribution in [0.25, 0.3) is 16.6 Å². The zero-order valence-electron chi connectivity index (χ0n) is 16.4. The minimum absolute atomic E-state index is 0.196. The number of aryl methyl sites for hydroxylation is 1. The summed E-state index contributed by atoms with van der Waals surface area (Å²) in [7, 11) is 0. The van der Waals surface area contributed by atoms with Crippen LogP contribution in [0.2, 0.25) is 0 Å². The molecule has 0 aliphatic carbocycles. The SMILES string of the molecule is Cc1cc(=O)c(C(=O)N2CCc3[nH]c4ccccc4c3C2)nn1-c1ccccc1F. The molecule has 1 aliphatic heterocycles. The lowest BCUT2D eigenvalue weighted by atomic mass is 10.0. The summed E-state index contributed by atoms with van der Waals surface area (Å²) in [6.07, 6.45) is 0.670. The number of nitrogens with zero attached hydrogens (tertiary/aromatic N) is 3. The van der Waals surface area contributed by atoms with Crippen molar-refractivity contribution in [2.45, 2.75) is 19.9 Å². The highest BCUT2D eigenvalue weighted by Gasteiger charge is 2.27. The summed E-state index contributed by atoms with van der Waals surface area (Å²) < 4.78 is 15.6. The molecule has 0 fully saturated rings. The largest absolute Gasteiger partial charge is 0.358 e. The summed E-state index contributed by atoms with van der Waals surface area (Å²) in [6.45, 7) is 2.54. The van der Waals surface area contributed by atoms with Gasteiger partial charge in [0.25, 0.3) is 5.91 Å². The average molecular weight is 402 g/mol. The molecule has 1 aliphatic rings. The van der Waals surface area contributed by atoms with Gasteiger partial charge in [-0.1, -0.05) is 30.3 Å². The molecule has 0 atom stereocenters. The summed E-state index contributed by atoms with van der Waals surface area (Å²) in [4.78, 5) is 30.8. The molecule has 6 nitrogen and oxygen atoms in total. The predicted molar refractivity (Wildman–Crippen MR) is 111 cm³/mol. The summed E-state index contributed by atoms with van der Waals surface area (Å²) in [5.74, 6) is -0.919. The van der Waals surface area contributed by atoms with E-state index in [0.29, 0.717) is 25.2 Å². The van der Waals surface area contributed by atoms with Crippen LogP contribution in [0.5, 0.6) is 0 Å². The van der Waals surface area contributed by atoms with Crippen LogP contribution in [0.15, 0.2) is 59.4 Å². The van der Waals surface area contributed by atoms with E-state index in [1.807, 2.05) is 24.3 Å². The van der Waals surface area contributed by atoms with Gasteiger partial charge in [0.15, 0.2) is 5.69 Å². The van der Waals surface area contributed by atoms with Crippen molar-refractivity contribution < 1.29 is 9.18 Å². The van der Waals surface area contributed by atoms with E-state index in [4.69, 9.17) is 0 Å². The fourth-order valence-corrected chi connectivity index (χ4v) is 4.05. The molecule has 0 radical (unpaired) electrons. The number of rotatable bonds is 2. The molecule has 0 unspecified atom stereocenters. The van der Waals surface area contributed by atoms with Gasteiger partial charge in [0.05, 0.1) is 0 Å². The summed E-state index contributed by atoms with van der Waals surface area (Å²) in [5, 5.41) is 5.32. The van der Waals surface area contributed by atoms with Crippen molar-refractivity contribution in [3.05, 3.63) is 93.3 Å². The van der Waals surface area contributed by atoms with Gasteiger partial charge in [-0.05, 0) is 25.1 Å². The first-order valence-electron chi connectivity index (χ1n) is 9.76. The van der Waals surface area contributed by atoms with E-state index in [1.165, 1.54) is 16.8 Å². The third kappa shape index (κ3) is 2.90. The molecule has 2 aromatic heterocycles. The van der Waals surface area contributed by atoms with E-state index < -0.39 is 17.2 Å². The molecule has 0 saturated heterocycles. The lowest BCUT2D eigenvalue weighted by molar-refractivity contribution is 0.0725. The molecule has 1 amide bonds. The molecule has 0 saturated carbocycles. The number of para-hydroxylation sites is 2. The lowest BCUT2D eigenvalue weighted by Crippen LogP contribution is -2.39. The normalized spacial score (nSPS) is 13.5. The number of halogens is 1. The summed E-state index contributed by atoms with van der Waals surface area (Å²) >= 11 is 0. The van der Waals surface area contributed by atoms with Crippen molar-refractivity contribution in [2.24, 2.45) is 0 Å². The van der Waals surface area contributed by atoms with Crippen molar-refractivity contribution >= 4 is 16.8 Å². The number of H-pyrrole nitrogens is 1. The highest BCUT2D eigenvalue weighted by molar-refractivity contribution is 5.93. The van der Waals surface area contributed by atoms with Crippen molar-refractivity contribution in [3.8, 4) is 5.69 Å². The number of hydrogen-bond acceptors (Lipinski definition) is 3. The van der Waals surface area contributed by atoms with E-state index in [-0.39, 0.29) is 11.4 Å². The van der Waals surface area contributed by atoms with Gasteiger partial charge in [-0.3, -0.25) is 9.59 Å². The second-order valence-electron chi connectivity index (χ2n) is 7.47. The molecule has 2 aromatic carbocycles. The molecule has 5 rings (SSSR count). The standard InChI is InChI=1S/C23H19FN4O2/c1-14-12-21(29)22(26-28(14)20-9-5-3-7-17(20)24)23(30)27-11-10-19-16(13-27)15-6-2-4-8-18(15)25-19/h2-9,12,25H,10-11,13H2,1H3. The van der Waals surface area contributed by atoms with Crippen LogP contribution in [0, 0.1) is 12.7 Å². The molecule has 1 N–H and O–H groups in total. The number of hydrogen-bond donors (Lipinski definition) is 1. The van der Waals surface area contributed by atoms with Crippen molar-refractivity contribution in [2.75, 3.05) is 6.54 Å². The fourth-order valence-electron chi connectivity index (χ4n) is 4.05. The van der Waals surface area contributed by atoms with E-state index in [0.717, 1.165) is 22.2 Å². The first kappa shape index (κ1) is 18.3. The highest BCUT2D eigenvalue weighted by Crippen LogP contribution is 2.28. The Labute approximate surface area is 171 Å². The molecule has 3 heterocycles. The van der Waals surface area contributed by atoms with Crippen molar-refractivity contribution in [1.29, 1.82) is 0 Å². The molecule has 0 spiro atoms. The minimum atomic E-state index is -0.475. The van der Waals surface area contributed by atoms with Crippen LogP contribution in [0.1, 0.15) is 27.4 Å². The number of amides is 1. The first-order valence-corrected chi connectivity index (χ1v) is 9.76. The third-order valence-electron chi connectivity index (χ3n) is 5.56. The Morgan fingerprint density at radius 3 is 2.73 bits per heavy atom. The van der Waals surface area contributed by atoms with E-state index in [9.17, 15) is 14.0 Å². The number of aromatic nitrogens is 3. The number of nitrogens with one attached hydrogen (secondary N) is 1. The van der Waals surface area contributed by atoms with Gasteiger partial charge in [-0.25, -0.2) is 9.07 Å². The van der Waals surface area contributed by atoms with Gasteiger partial charge in [-0.15, -0.1) is 0 Å². The van der Waals surface area contributed by atoms with Gasteiger partial charge >= 0.3 is 0 Å². The maximum Gasteiger partial charge on any atom is 0.278 e. The quantitative estimate of drug-likeness (QED) is 0.559. The summed E-state index contributed by atoms with van der Waals surface area (Å²) in [6, 6.07) is 15.4. The first-order chi connectivity index (χ1) is 14.5. The van der Waals surface area contributed by atoms with Crippen LogP contribution >= 0.6 is 0 Å². The maximum absolute atomic E-state index is 14.3. The zero-order chi connectivity index (χ0) is 20.8. The highest BCUT2D eigenvalue weighted by atomic mass is 19.1. The van der Waals surface area contributed by atoms with Crippen LogP contribution < -0.4 is 5.43 Å². The van der Waals surface area contributed by atoms with E-state index >= 15 is 0 Å². The van der Waals surface area contributed by atoms with Gasteiger partial charge < -0.3 is 9.88 Å². The van der Waals surface area contributed by atoms with Gasteiger partial charge in [0, 0.05) is 53.4 Å². The van der Waals surface area contributed by atoms with Gasteiger partial charge in [-0.2, -0.15) is 5.10 Å². The molecule has 0 bridgehead atoms. The average Bonchev–Trinajstić information content (AvgIpc) is 3.12. The Morgan fingerprint density at radius 1 is 1.13 bits per heavy atom. The molecule has 150 valence electrons. The van der Waals surface area contributed by atoms with Crippen molar-refractivity contribution in [1.82, 2.24) is 19.7 Å².